The van der Waals surface area contributed by atoms with Crippen molar-refractivity contribution in [2.75, 3.05) is 69.2 Å². The van der Waals surface area contributed by atoms with Crippen molar-refractivity contribution in [3.63, 3.8) is 0 Å². The average Bonchev–Trinajstić information content (AvgIpc) is 2.82. The Morgan fingerprint density at radius 2 is 1.64 bits per heavy atom. The molecule has 0 unspecified atom stereocenters. The smallest absolute Gasteiger partial charge is 0.243 e. The van der Waals surface area contributed by atoms with Crippen LogP contribution in [-0.4, -0.2) is 82.6 Å². The molecule has 0 radical (unpaired) electrons. The third-order valence-corrected chi connectivity index (χ3v) is 8.30. The normalized spacial score (nSPS) is 18.3. The van der Waals surface area contributed by atoms with Gasteiger partial charge in [0.15, 0.2) is 0 Å². The minimum Gasteiger partial charge on any atom is -0.379 e. The van der Waals surface area contributed by atoms with Crippen LogP contribution in [0.4, 0.5) is 11.4 Å². The highest BCUT2D eigenvalue weighted by atomic mass is 32.2. The summed E-state index contributed by atoms with van der Waals surface area (Å²) in [5.74, 6) is -0.141. The molecule has 2 heterocycles. The number of hydrogen-bond acceptors (Lipinski definition) is 6. The molecule has 2 aliphatic rings. The van der Waals surface area contributed by atoms with Crippen LogP contribution in [0.3, 0.4) is 0 Å². The van der Waals surface area contributed by atoms with E-state index in [4.69, 9.17) is 4.74 Å². The summed E-state index contributed by atoms with van der Waals surface area (Å²) in [6.07, 6.45) is 0. The fourth-order valence-electron chi connectivity index (χ4n) is 4.35. The number of piperazine rings is 1. The van der Waals surface area contributed by atoms with E-state index in [0.717, 1.165) is 26.2 Å². The van der Waals surface area contributed by atoms with Gasteiger partial charge in [-0.05, 0) is 43.2 Å². The molecule has 2 aromatic carbocycles. The van der Waals surface area contributed by atoms with Crippen LogP contribution in [0, 0.1) is 13.8 Å². The summed E-state index contributed by atoms with van der Waals surface area (Å²) >= 11 is 0. The van der Waals surface area contributed by atoms with Crippen molar-refractivity contribution < 1.29 is 17.9 Å². The van der Waals surface area contributed by atoms with Crippen molar-refractivity contribution in [1.29, 1.82) is 0 Å². The fourth-order valence-corrected chi connectivity index (χ4v) is 6.01. The molecule has 33 heavy (non-hydrogen) atoms. The van der Waals surface area contributed by atoms with Crippen molar-refractivity contribution in [3.05, 3.63) is 53.6 Å². The number of benzene rings is 2. The highest BCUT2D eigenvalue weighted by Gasteiger charge is 2.28. The summed E-state index contributed by atoms with van der Waals surface area (Å²) in [7, 11) is -3.63. The van der Waals surface area contributed by atoms with Gasteiger partial charge in [0.05, 0.1) is 24.7 Å². The molecular weight excluding hydrogens is 440 g/mol. The molecule has 2 fully saturated rings. The molecule has 1 amide bonds. The number of carbonyl (C=O) groups excluding carboxylic acids is 1. The van der Waals surface area contributed by atoms with E-state index in [0.29, 0.717) is 37.6 Å². The predicted molar refractivity (Wildman–Crippen MR) is 129 cm³/mol. The number of carbonyl (C=O) groups is 1. The van der Waals surface area contributed by atoms with Gasteiger partial charge < -0.3 is 15.0 Å². The lowest BCUT2D eigenvalue weighted by Gasteiger charge is -2.36. The number of sulfonamides is 1. The number of hydrogen-bond donors (Lipinski definition) is 1. The Labute approximate surface area is 196 Å². The lowest BCUT2D eigenvalue weighted by atomic mass is 10.1. The van der Waals surface area contributed by atoms with Gasteiger partial charge in [-0.1, -0.05) is 24.3 Å². The van der Waals surface area contributed by atoms with Crippen LogP contribution in [0.5, 0.6) is 0 Å². The van der Waals surface area contributed by atoms with E-state index in [1.807, 2.05) is 6.07 Å². The Kier molecular flexibility index (Phi) is 7.33. The molecule has 8 nitrogen and oxygen atoms in total. The zero-order chi connectivity index (χ0) is 23.4. The van der Waals surface area contributed by atoms with Crippen LogP contribution in [0.25, 0.3) is 0 Å². The van der Waals surface area contributed by atoms with Crippen molar-refractivity contribution in [3.8, 4) is 0 Å². The maximum atomic E-state index is 13.1. The number of aryl methyl sites for hydroxylation is 2. The molecule has 0 saturated carbocycles. The first-order chi connectivity index (χ1) is 15.8. The Bertz CT molecular complexity index is 1090. The third kappa shape index (κ3) is 5.55. The van der Waals surface area contributed by atoms with Gasteiger partial charge >= 0.3 is 0 Å². The van der Waals surface area contributed by atoms with Crippen LogP contribution in [0.15, 0.2) is 47.4 Å². The number of nitrogens with zero attached hydrogens (tertiary/aromatic N) is 3. The first-order valence-electron chi connectivity index (χ1n) is 11.4. The van der Waals surface area contributed by atoms with Crippen LogP contribution >= 0.6 is 0 Å². The number of nitrogens with one attached hydrogen (secondary N) is 1. The number of ether oxygens (including phenoxy) is 1. The largest absolute Gasteiger partial charge is 0.379 e. The van der Waals surface area contributed by atoms with E-state index in [1.165, 1.54) is 15.6 Å². The summed E-state index contributed by atoms with van der Waals surface area (Å²) in [6.45, 7) is 8.96. The fraction of sp³-hybridized carbons (Fsp3) is 0.458. The van der Waals surface area contributed by atoms with E-state index in [1.54, 1.807) is 25.1 Å². The van der Waals surface area contributed by atoms with Gasteiger partial charge in [-0.25, -0.2) is 8.42 Å². The summed E-state index contributed by atoms with van der Waals surface area (Å²) < 4.78 is 32.9. The van der Waals surface area contributed by atoms with Gasteiger partial charge in [0.1, 0.15) is 0 Å². The maximum absolute atomic E-state index is 13.1. The van der Waals surface area contributed by atoms with Crippen molar-refractivity contribution in [1.82, 2.24) is 9.21 Å². The monoisotopic (exact) mass is 472 g/mol. The topological polar surface area (TPSA) is 82.2 Å². The van der Waals surface area contributed by atoms with Crippen LogP contribution in [0.2, 0.25) is 0 Å². The van der Waals surface area contributed by atoms with E-state index < -0.39 is 10.0 Å². The predicted octanol–water partition coefficient (Wildman–Crippen LogP) is 2.09. The van der Waals surface area contributed by atoms with Crippen molar-refractivity contribution >= 4 is 27.3 Å². The first-order valence-corrected chi connectivity index (χ1v) is 12.8. The molecule has 2 aromatic rings. The summed E-state index contributed by atoms with van der Waals surface area (Å²) in [5, 5.41) is 2.88. The molecule has 4 rings (SSSR count). The molecule has 178 valence electrons. The number of morpholine rings is 1. The Morgan fingerprint density at radius 3 is 2.33 bits per heavy atom. The first kappa shape index (κ1) is 23.7. The third-order valence-electron chi connectivity index (χ3n) is 6.26. The molecule has 2 aliphatic heterocycles. The summed E-state index contributed by atoms with van der Waals surface area (Å²) in [4.78, 5) is 17.4. The lowest BCUT2D eigenvalue weighted by Crippen LogP contribution is -2.48. The van der Waals surface area contributed by atoms with Gasteiger partial charge in [-0.15, -0.1) is 0 Å². The van der Waals surface area contributed by atoms with E-state index in [-0.39, 0.29) is 17.3 Å². The second-order valence-electron chi connectivity index (χ2n) is 8.59. The van der Waals surface area contributed by atoms with Crippen LogP contribution < -0.4 is 10.2 Å². The van der Waals surface area contributed by atoms with E-state index in [2.05, 4.69) is 40.2 Å². The molecule has 0 atom stereocenters. The van der Waals surface area contributed by atoms with Crippen LogP contribution in [0.1, 0.15) is 11.1 Å². The maximum Gasteiger partial charge on any atom is 0.243 e. The highest BCUT2D eigenvalue weighted by Crippen LogP contribution is 2.25. The standard InChI is InChI=1S/C24H32N4O4S/c1-19-5-3-4-6-22(19)27-11-9-26(10-12-27)18-24(29)25-21-8-7-20(2)23(17-21)33(30,31)28-13-15-32-16-14-28/h3-8,17H,9-16,18H2,1-2H3,(H,25,29). The number of rotatable bonds is 6. The molecule has 0 aromatic heterocycles. The second kappa shape index (κ2) is 10.2. The number of amides is 1. The molecular formula is C24H32N4O4S. The minimum atomic E-state index is -3.63. The zero-order valence-corrected chi connectivity index (χ0v) is 20.1. The van der Waals surface area contributed by atoms with Crippen LogP contribution in [-0.2, 0) is 19.6 Å². The summed E-state index contributed by atoms with van der Waals surface area (Å²) in [6, 6.07) is 13.4. The van der Waals surface area contributed by atoms with Gasteiger partial charge in [0.25, 0.3) is 0 Å². The molecule has 1 N–H and O–H groups in total. The van der Waals surface area contributed by atoms with Gasteiger partial charge in [-0.2, -0.15) is 4.31 Å². The van der Waals surface area contributed by atoms with E-state index in [9.17, 15) is 13.2 Å². The zero-order valence-electron chi connectivity index (χ0n) is 19.3. The lowest BCUT2D eigenvalue weighted by molar-refractivity contribution is -0.117. The molecule has 0 bridgehead atoms. The molecule has 2 saturated heterocycles. The highest BCUT2D eigenvalue weighted by molar-refractivity contribution is 7.89. The second-order valence-corrected chi connectivity index (χ2v) is 10.5. The Balaban J connectivity index is 1.35. The minimum absolute atomic E-state index is 0.141. The molecule has 0 spiro atoms. The Morgan fingerprint density at radius 1 is 0.939 bits per heavy atom. The number of para-hydroxylation sites is 1. The molecule has 9 heteroatoms. The average molecular weight is 473 g/mol. The van der Waals surface area contributed by atoms with Gasteiger partial charge in [0, 0.05) is 50.6 Å². The van der Waals surface area contributed by atoms with E-state index >= 15 is 0 Å². The molecule has 0 aliphatic carbocycles. The quantitative estimate of drug-likeness (QED) is 0.693. The Hall–Kier alpha value is -2.46. The van der Waals surface area contributed by atoms with Crippen molar-refractivity contribution in [2.24, 2.45) is 0 Å². The number of anilines is 2. The SMILES string of the molecule is Cc1ccccc1N1CCN(CC(=O)Nc2ccc(C)c(S(=O)(=O)N3CCOCC3)c2)CC1. The van der Waals surface area contributed by atoms with Gasteiger partial charge in [-0.3, -0.25) is 9.69 Å². The van der Waals surface area contributed by atoms with Crippen molar-refractivity contribution in [2.45, 2.75) is 18.7 Å². The van der Waals surface area contributed by atoms with Gasteiger partial charge in [0.2, 0.25) is 15.9 Å². The summed E-state index contributed by atoms with van der Waals surface area (Å²) in [5.41, 5.74) is 3.66.